The lowest BCUT2D eigenvalue weighted by atomic mass is 10.3. The highest BCUT2D eigenvalue weighted by Crippen LogP contribution is 2.08. The first-order valence-corrected chi connectivity index (χ1v) is 6.74. The number of nitrogens with one attached hydrogen (secondary N) is 1. The summed E-state index contributed by atoms with van der Waals surface area (Å²) in [5.74, 6) is 0.628. The summed E-state index contributed by atoms with van der Waals surface area (Å²) >= 11 is 0. The fourth-order valence-electron chi connectivity index (χ4n) is 2.15. The number of hydrogen-bond donors (Lipinski definition) is 1. The predicted octanol–water partition coefficient (Wildman–Crippen LogP) is 0.686. The molecule has 0 atom stereocenters. The fourth-order valence-corrected chi connectivity index (χ4v) is 2.15. The van der Waals surface area contributed by atoms with Gasteiger partial charge in [-0.3, -0.25) is 9.78 Å². The fraction of sp³-hybridized carbons (Fsp3) is 0.615. The smallest absolute Gasteiger partial charge is 0.274 e. The van der Waals surface area contributed by atoms with E-state index in [0.717, 1.165) is 39.1 Å². The summed E-state index contributed by atoms with van der Waals surface area (Å²) in [4.78, 5) is 24.9. The molecule has 19 heavy (non-hydrogen) atoms. The van der Waals surface area contributed by atoms with Gasteiger partial charge < -0.3 is 15.1 Å². The highest BCUT2D eigenvalue weighted by atomic mass is 16.2. The molecule has 0 unspecified atom stereocenters. The number of carbonyl (C=O) groups excluding carboxylic acids is 1. The van der Waals surface area contributed by atoms with Crippen LogP contribution in [0.25, 0.3) is 0 Å². The first-order valence-electron chi connectivity index (χ1n) is 6.74. The molecule has 0 bridgehead atoms. The third-order valence-electron chi connectivity index (χ3n) is 3.22. The number of amides is 1. The molecule has 0 spiro atoms. The maximum absolute atomic E-state index is 12.4. The lowest BCUT2D eigenvalue weighted by Gasteiger charge is -2.20. The number of hydrogen-bond acceptors (Lipinski definition) is 5. The minimum absolute atomic E-state index is 0.0254. The van der Waals surface area contributed by atoms with E-state index in [1.54, 1.807) is 6.20 Å². The van der Waals surface area contributed by atoms with Crippen LogP contribution in [0.15, 0.2) is 12.4 Å². The molecule has 6 heteroatoms. The van der Waals surface area contributed by atoms with E-state index in [1.165, 1.54) is 6.20 Å². The van der Waals surface area contributed by atoms with Gasteiger partial charge in [0, 0.05) is 26.2 Å². The molecule has 1 saturated heterocycles. The zero-order chi connectivity index (χ0) is 13.7. The minimum atomic E-state index is -0.0254. The average Bonchev–Trinajstić information content (AvgIpc) is 2.63. The monoisotopic (exact) mass is 263 g/mol. The van der Waals surface area contributed by atoms with Gasteiger partial charge in [0.05, 0.1) is 12.4 Å². The van der Waals surface area contributed by atoms with Crippen LogP contribution in [0.5, 0.6) is 0 Å². The van der Waals surface area contributed by atoms with Crippen LogP contribution in [-0.4, -0.2) is 65.4 Å². The number of rotatable bonds is 3. The van der Waals surface area contributed by atoms with Crippen molar-refractivity contribution in [1.29, 1.82) is 0 Å². The number of nitrogens with zero attached hydrogens (tertiary/aromatic N) is 4. The van der Waals surface area contributed by atoms with Crippen LogP contribution in [0.1, 0.15) is 23.8 Å². The van der Waals surface area contributed by atoms with Crippen molar-refractivity contribution in [2.45, 2.75) is 13.3 Å². The molecule has 1 aliphatic heterocycles. The van der Waals surface area contributed by atoms with Gasteiger partial charge >= 0.3 is 0 Å². The van der Waals surface area contributed by atoms with Gasteiger partial charge in [0.2, 0.25) is 0 Å². The molecule has 1 fully saturated rings. The highest BCUT2D eigenvalue weighted by Gasteiger charge is 2.20. The number of carbonyl (C=O) groups is 1. The Hall–Kier alpha value is -1.69. The van der Waals surface area contributed by atoms with Crippen molar-refractivity contribution >= 4 is 11.7 Å². The topological polar surface area (TPSA) is 61.4 Å². The third kappa shape index (κ3) is 3.64. The Labute approximate surface area is 113 Å². The maximum atomic E-state index is 12.4. The van der Waals surface area contributed by atoms with Gasteiger partial charge in [0.1, 0.15) is 11.5 Å². The Balaban J connectivity index is 2.07. The van der Waals surface area contributed by atoms with E-state index in [1.807, 2.05) is 11.8 Å². The summed E-state index contributed by atoms with van der Waals surface area (Å²) in [5.41, 5.74) is 0.419. The molecule has 0 radical (unpaired) electrons. The first-order chi connectivity index (χ1) is 9.20. The molecular weight excluding hydrogens is 242 g/mol. The van der Waals surface area contributed by atoms with E-state index in [0.29, 0.717) is 11.5 Å². The molecular formula is C13H21N5O. The van der Waals surface area contributed by atoms with E-state index in [-0.39, 0.29) is 5.91 Å². The van der Waals surface area contributed by atoms with Crippen molar-refractivity contribution in [2.75, 3.05) is 45.1 Å². The molecule has 6 nitrogen and oxygen atoms in total. The summed E-state index contributed by atoms with van der Waals surface area (Å²) < 4.78 is 0. The van der Waals surface area contributed by atoms with Gasteiger partial charge in [-0.05, 0) is 26.9 Å². The molecule has 0 aromatic carbocycles. The van der Waals surface area contributed by atoms with E-state index in [2.05, 4.69) is 27.2 Å². The Kier molecular flexibility index (Phi) is 4.68. The van der Waals surface area contributed by atoms with Crippen LogP contribution in [-0.2, 0) is 0 Å². The van der Waals surface area contributed by atoms with Crippen LogP contribution >= 0.6 is 0 Å². The zero-order valence-electron chi connectivity index (χ0n) is 11.6. The molecule has 104 valence electrons. The Morgan fingerprint density at radius 2 is 2.16 bits per heavy atom. The normalized spacial score (nSPS) is 17.1. The number of aromatic nitrogens is 2. The minimum Gasteiger partial charge on any atom is -0.369 e. The standard InChI is InChI=1S/C13H21N5O/c1-3-15-12-10-14-9-11(16-12)13(19)18-6-4-5-17(2)7-8-18/h9-10H,3-8H2,1-2H3,(H,15,16). The Bertz CT molecular complexity index is 437. The lowest BCUT2D eigenvalue weighted by molar-refractivity contribution is 0.0756. The number of likely N-dealkylation sites (N-methyl/N-ethyl adjacent to an activating group) is 1. The zero-order valence-corrected chi connectivity index (χ0v) is 11.6. The van der Waals surface area contributed by atoms with Crippen LogP contribution in [0.2, 0.25) is 0 Å². The number of anilines is 1. The highest BCUT2D eigenvalue weighted by molar-refractivity contribution is 5.92. The summed E-state index contributed by atoms with van der Waals surface area (Å²) in [5, 5.41) is 3.07. The van der Waals surface area contributed by atoms with Crippen molar-refractivity contribution in [1.82, 2.24) is 19.8 Å². The Morgan fingerprint density at radius 3 is 2.95 bits per heavy atom. The van der Waals surface area contributed by atoms with Gasteiger partial charge in [0.25, 0.3) is 5.91 Å². The third-order valence-corrected chi connectivity index (χ3v) is 3.22. The predicted molar refractivity (Wildman–Crippen MR) is 74.2 cm³/mol. The van der Waals surface area contributed by atoms with Crippen LogP contribution in [0.4, 0.5) is 5.82 Å². The second-order valence-corrected chi connectivity index (χ2v) is 4.77. The maximum Gasteiger partial charge on any atom is 0.274 e. The van der Waals surface area contributed by atoms with E-state index >= 15 is 0 Å². The molecule has 1 aromatic rings. The average molecular weight is 263 g/mol. The largest absolute Gasteiger partial charge is 0.369 e. The van der Waals surface area contributed by atoms with E-state index < -0.39 is 0 Å². The van der Waals surface area contributed by atoms with Gasteiger partial charge in [-0.15, -0.1) is 0 Å². The molecule has 0 saturated carbocycles. The molecule has 1 aromatic heterocycles. The molecule has 1 N–H and O–H groups in total. The quantitative estimate of drug-likeness (QED) is 0.869. The summed E-state index contributed by atoms with van der Waals surface area (Å²) in [6.45, 7) is 6.24. The van der Waals surface area contributed by atoms with Gasteiger partial charge in [-0.25, -0.2) is 4.98 Å². The van der Waals surface area contributed by atoms with E-state index in [4.69, 9.17) is 0 Å². The molecule has 2 rings (SSSR count). The van der Waals surface area contributed by atoms with Crippen molar-refractivity contribution in [2.24, 2.45) is 0 Å². The molecule has 2 heterocycles. The van der Waals surface area contributed by atoms with E-state index in [9.17, 15) is 4.79 Å². The summed E-state index contributed by atoms with van der Waals surface area (Å²) in [6.07, 6.45) is 4.18. The lowest BCUT2D eigenvalue weighted by Crippen LogP contribution is -2.35. The van der Waals surface area contributed by atoms with Crippen molar-refractivity contribution in [3.8, 4) is 0 Å². The SMILES string of the molecule is CCNc1cncc(C(=O)N2CCCN(C)CC2)n1. The van der Waals surface area contributed by atoms with Crippen molar-refractivity contribution in [3.63, 3.8) is 0 Å². The molecule has 0 aliphatic carbocycles. The van der Waals surface area contributed by atoms with Gasteiger partial charge in [-0.2, -0.15) is 0 Å². The molecule has 1 amide bonds. The summed E-state index contributed by atoms with van der Waals surface area (Å²) in [7, 11) is 2.08. The van der Waals surface area contributed by atoms with Crippen molar-refractivity contribution in [3.05, 3.63) is 18.1 Å². The first kappa shape index (κ1) is 13.7. The van der Waals surface area contributed by atoms with Gasteiger partial charge in [0.15, 0.2) is 0 Å². The second-order valence-electron chi connectivity index (χ2n) is 4.77. The van der Waals surface area contributed by atoms with Gasteiger partial charge in [-0.1, -0.05) is 0 Å². The Morgan fingerprint density at radius 1 is 1.32 bits per heavy atom. The van der Waals surface area contributed by atoms with Crippen LogP contribution in [0, 0.1) is 0 Å². The van der Waals surface area contributed by atoms with Crippen LogP contribution in [0.3, 0.4) is 0 Å². The molecule has 1 aliphatic rings. The second kappa shape index (κ2) is 6.47. The van der Waals surface area contributed by atoms with Crippen LogP contribution < -0.4 is 5.32 Å². The van der Waals surface area contributed by atoms with Crippen molar-refractivity contribution < 1.29 is 4.79 Å². The summed E-state index contributed by atoms with van der Waals surface area (Å²) in [6, 6.07) is 0.